The summed E-state index contributed by atoms with van der Waals surface area (Å²) in [5, 5.41) is 12.9. The molecule has 1 aromatic heterocycles. The van der Waals surface area contributed by atoms with Gasteiger partial charge in [0.1, 0.15) is 12.2 Å². The van der Waals surface area contributed by atoms with Gasteiger partial charge in [0, 0.05) is 29.9 Å². The Morgan fingerprint density at radius 3 is 2.16 bits per heavy atom. The Morgan fingerprint density at radius 1 is 1.16 bits per heavy atom. The van der Waals surface area contributed by atoms with Crippen LogP contribution < -0.4 is 20.8 Å². The molecule has 0 fully saturated rings. The molecule has 0 aliphatic rings. The summed E-state index contributed by atoms with van der Waals surface area (Å²) >= 11 is 0.845. The number of aliphatic hydroxyl groups is 1. The van der Waals surface area contributed by atoms with Gasteiger partial charge in [-0.25, -0.2) is 10.3 Å². The van der Waals surface area contributed by atoms with Crippen LogP contribution in [0.1, 0.15) is 80.4 Å². The van der Waals surface area contributed by atoms with Crippen LogP contribution in [0, 0.1) is 0 Å². The van der Waals surface area contributed by atoms with Crippen LogP contribution >= 0.6 is 12.2 Å². The summed E-state index contributed by atoms with van der Waals surface area (Å²) in [6.07, 6.45) is 1.46. The first-order valence-electron chi connectivity index (χ1n) is 10.2. The third kappa shape index (κ3) is 6.41. The number of nitrogens with zero attached hydrogens (tertiary/aromatic N) is 1. The van der Waals surface area contributed by atoms with Crippen molar-refractivity contribution < 1.29 is 23.4 Å². The lowest BCUT2D eigenvalue weighted by Crippen LogP contribution is -2.29. The van der Waals surface area contributed by atoms with Crippen LogP contribution in [0.2, 0.25) is 0 Å². The molecule has 3 amide bonds. The first-order chi connectivity index (χ1) is 14.8. The molecule has 9 nitrogen and oxygen atoms in total. The van der Waals surface area contributed by atoms with Gasteiger partial charge in [-0.05, 0) is 48.9 Å². The Hall–Kier alpha value is -2.69. The van der Waals surface area contributed by atoms with Crippen molar-refractivity contribution in [2.24, 2.45) is 5.73 Å². The Labute approximate surface area is 193 Å². The van der Waals surface area contributed by atoms with E-state index in [0.29, 0.717) is 22.7 Å². The molecule has 0 radical (unpaired) electrons. The number of rotatable bonds is 9. The molecular formula is C22H32N4O5S. The summed E-state index contributed by atoms with van der Waals surface area (Å²) < 4.78 is 12.2. The third-order valence-electron chi connectivity index (χ3n) is 4.85. The number of primary amides is 1. The fourth-order valence-electron chi connectivity index (χ4n) is 2.98. The quantitative estimate of drug-likeness (QED) is 0.242. The molecule has 0 saturated carbocycles. The lowest BCUT2D eigenvalue weighted by Gasteiger charge is -2.21. The largest absolute Gasteiger partial charge is 0.447 e. The summed E-state index contributed by atoms with van der Waals surface area (Å²) in [7, 11) is 1.69. The average molecular weight is 465 g/mol. The van der Waals surface area contributed by atoms with Gasteiger partial charge in [-0.3, -0.25) is 9.10 Å². The van der Waals surface area contributed by atoms with Gasteiger partial charge in [-0.1, -0.05) is 27.7 Å². The minimum Gasteiger partial charge on any atom is -0.447 e. The smallest absolute Gasteiger partial charge is 0.344 e. The van der Waals surface area contributed by atoms with E-state index in [2.05, 4.69) is 10.8 Å². The number of amides is 3. The number of benzene rings is 1. The number of nitrogens with one attached hydrogen (secondary N) is 2. The molecule has 176 valence electrons. The van der Waals surface area contributed by atoms with E-state index >= 15 is 0 Å². The Balaban J connectivity index is 2.07. The predicted octanol–water partition coefficient (Wildman–Crippen LogP) is 4.61. The topological polar surface area (TPSA) is 130 Å². The average Bonchev–Trinajstić information content (AvgIpc) is 3.18. The van der Waals surface area contributed by atoms with Gasteiger partial charge in [0.15, 0.2) is 0 Å². The highest BCUT2D eigenvalue weighted by atomic mass is 32.2. The van der Waals surface area contributed by atoms with E-state index in [-0.39, 0.29) is 11.8 Å². The van der Waals surface area contributed by atoms with E-state index in [4.69, 9.17) is 14.4 Å². The Bertz CT molecular complexity index is 936. The Kier molecular flexibility index (Phi) is 8.22. The summed E-state index contributed by atoms with van der Waals surface area (Å²) in [5.74, 6) is 0.0266. The lowest BCUT2D eigenvalue weighted by molar-refractivity contribution is 0.0779. The number of anilines is 2. The third-order valence-corrected chi connectivity index (χ3v) is 5.41. The summed E-state index contributed by atoms with van der Waals surface area (Å²) in [6.45, 7) is 11.2. The number of urea groups is 1. The number of carbonyl (C=O) groups is 2. The van der Waals surface area contributed by atoms with Crippen LogP contribution in [0.5, 0.6) is 0 Å². The number of hydrogen-bond donors (Lipinski definition) is 4. The van der Waals surface area contributed by atoms with E-state index in [9.17, 15) is 14.7 Å². The van der Waals surface area contributed by atoms with Gasteiger partial charge >= 0.3 is 6.03 Å². The van der Waals surface area contributed by atoms with Crippen LogP contribution in [-0.4, -0.2) is 24.1 Å². The molecule has 5 N–H and O–H groups in total. The second-order valence-corrected chi connectivity index (χ2v) is 9.51. The van der Waals surface area contributed by atoms with Crippen molar-refractivity contribution in [2.45, 2.75) is 59.0 Å². The van der Waals surface area contributed by atoms with Gasteiger partial charge in [0.2, 0.25) is 11.8 Å². The molecule has 0 aliphatic heterocycles. The highest BCUT2D eigenvalue weighted by molar-refractivity contribution is 7.96. The zero-order valence-electron chi connectivity index (χ0n) is 19.5. The van der Waals surface area contributed by atoms with Crippen LogP contribution in [0.25, 0.3) is 0 Å². The number of hydrogen-bond acceptors (Lipinski definition) is 7. The number of nitrogens with two attached hydrogens (primary N) is 1. The molecule has 1 aromatic carbocycles. The highest BCUT2D eigenvalue weighted by Crippen LogP contribution is 2.34. The zero-order chi connectivity index (χ0) is 24.2. The van der Waals surface area contributed by atoms with Gasteiger partial charge in [-0.15, -0.1) is 0 Å². The van der Waals surface area contributed by atoms with Gasteiger partial charge < -0.3 is 20.6 Å². The van der Waals surface area contributed by atoms with Crippen LogP contribution in [0.15, 0.2) is 28.9 Å². The van der Waals surface area contributed by atoms with E-state index in [0.717, 1.165) is 23.4 Å². The molecule has 0 atom stereocenters. The number of hydroxylamine groups is 1. The number of furan rings is 1. The SMILES string of the molecule is CC(C)c1cc(C(N)=O)cc(C(C)C)c1NC(=O)NOSN(C)c1cc(C(C)(C)O)co1. The fourth-order valence-corrected chi connectivity index (χ4v) is 3.38. The zero-order valence-corrected chi connectivity index (χ0v) is 20.3. The molecule has 2 aromatic rings. The number of carbonyl (C=O) groups excluding carboxylic acids is 2. The van der Waals surface area contributed by atoms with Gasteiger partial charge in [-0.2, -0.15) is 4.28 Å². The molecular weight excluding hydrogens is 432 g/mol. The highest BCUT2D eigenvalue weighted by Gasteiger charge is 2.22. The minimum absolute atomic E-state index is 0.0486. The van der Waals surface area contributed by atoms with Crippen LogP contribution in [0.3, 0.4) is 0 Å². The maximum Gasteiger partial charge on any atom is 0.344 e. The molecule has 0 saturated heterocycles. The van der Waals surface area contributed by atoms with E-state index in [1.807, 2.05) is 27.7 Å². The van der Waals surface area contributed by atoms with Crippen LogP contribution in [-0.2, 0) is 9.88 Å². The van der Waals surface area contributed by atoms with E-state index < -0.39 is 17.5 Å². The first-order valence-corrected chi connectivity index (χ1v) is 10.9. The standard InChI is InChI=1S/C22H32N4O5S/c1-12(2)16-8-14(20(23)27)9-17(13(3)4)19(16)24-21(28)25-31-32-26(7)18-10-15(11-30-18)22(5,6)29/h8-13,29H,1-7H3,(H2,23,27)(H2,24,25,28). The van der Waals surface area contributed by atoms with Crippen molar-refractivity contribution in [3.05, 3.63) is 46.7 Å². The first kappa shape index (κ1) is 25.6. The van der Waals surface area contributed by atoms with Crippen molar-refractivity contribution in [1.29, 1.82) is 0 Å². The van der Waals surface area contributed by atoms with Crippen molar-refractivity contribution in [3.8, 4) is 0 Å². The predicted molar refractivity (Wildman–Crippen MR) is 126 cm³/mol. The van der Waals surface area contributed by atoms with Crippen molar-refractivity contribution in [3.63, 3.8) is 0 Å². The van der Waals surface area contributed by atoms with Crippen molar-refractivity contribution in [2.75, 3.05) is 16.7 Å². The molecule has 0 aliphatic carbocycles. The molecule has 10 heteroatoms. The maximum absolute atomic E-state index is 12.5. The molecule has 0 bridgehead atoms. The van der Waals surface area contributed by atoms with Crippen molar-refractivity contribution in [1.82, 2.24) is 5.48 Å². The van der Waals surface area contributed by atoms with E-state index in [1.54, 1.807) is 43.4 Å². The second kappa shape index (κ2) is 10.3. The maximum atomic E-state index is 12.5. The lowest BCUT2D eigenvalue weighted by atomic mass is 9.90. The van der Waals surface area contributed by atoms with Crippen LogP contribution in [0.4, 0.5) is 16.4 Å². The molecule has 2 rings (SSSR count). The molecule has 0 spiro atoms. The van der Waals surface area contributed by atoms with Gasteiger partial charge in [0.25, 0.3) is 0 Å². The van der Waals surface area contributed by atoms with Crippen molar-refractivity contribution >= 4 is 35.7 Å². The molecule has 32 heavy (non-hydrogen) atoms. The molecule has 1 heterocycles. The minimum atomic E-state index is -1.03. The molecule has 0 unspecified atom stereocenters. The second-order valence-electron chi connectivity index (χ2n) is 8.65. The normalized spacial score (nSPS) is 11.7. The Morgan fingerprint density at radius 2 is 1.72 bits per heavy atom. The fraction of sp³-hybridized carbons (Fsp3) is 0.455. The monoisotopic (exact) mass is 464 g/mol. The summed E-state index contributed by atoms with van der Waals surface area (Å²) in [6, 6.07) is 4.52. The summed E-state index contributed by atoms with van der Waals surface area (Å²) in [5.41, 5.74) is 10.0. The van der Waals surface area contributed by atoms with Gasteiger partial charge in [0.05, 0.1) is 11.9 Å². The summed E-state index contributed by atoms with van der Waals surface area (Å²) in [4.78, 5) is 24.2. The van der Waals surface area contributed by atoms with E-state index in [1.165, 1.54) is 6.26 Å².